The molecule has 1 atom stereocenters. The molecule has 98 valence electrons. The van der Waals surface area contributed by atoms with E-state index < -0.39 is 0 Å². The molecular weight excluding hydrogens is 232 g/mol. The van der Waals surface area contributed by atoms with E-state index >= 15 is 0 Å². The number of benzene rings is 2. The van der Waals surface area contributed by atoms with Crippen molar-refractivity contribution in [2.75, 3.05) is 6.61 Å². The molecule has 19 heavy (non-hydrogen) atoms. The summed E-state index contributed by atoms with van der Waals surface area (Å²) >= 11 is 0. The van der Waals surface area contributed by atoms with Gasteiger partial charge in [-0.3, -0.25) is 0 Å². The highest BCUT2D eigenvalue weighted by Gasteiger charge is 2.06. The number of hydrogen-bond donors (Lipinski definition) is 1. The normalized spacial score (nSPS) is 12.1. The molecule has 0 aliphatic carbocycles. The van der Waals surface area contributed by atoms with Gasteiger partial charge < -0.3 is 5.11 Å². The van der Waals surface area contributed by atoms with E-state index in [-0.39, 0.29) is 6.61 Å². The van der Waals surface area contributed by atoms with E-state index in [9.17, 15) is 0 Å². The minimum atomic E-state index is 0.249. The van der Waals surface area contributed by atoms with Crippen molar-refractivity contribution in [1.82, 2.24) is 0 Å². The fraction of sp³-hybridized carbons (Fsp3) is 0.278. The summed E-state index contributed by atoms with van der Waals surface area (Å²) in [5, 5.41) is 11.5. The Morgan fingerprint density at radius 2 is 1.95 bits per heavy atom. The molecule has 1 heteroatoms. The highest BCUT2D eigenvalue weighted by Crippen LogP contribution is 2.20. The lowest BCUT2D eigenvalue weighted by Gasteiger charge is -2.12. The van der Waals surface area contributed by atoms with Gasteiger partial charge in [-0.2, -0.15) is 0 Å². The minimum Gasteiger partial charge on any atom is -0.396 e. The van der Waals surface area contributed by atoms with Gasteiger partial charge >= 0.3 is 0 Å². The van der Waals surface area contributed by atoms with Crippen molar-refractivity contribution in [3.8, 4) is 0 Å². The number of allylic oxidation sites excluding steroid dienone is 1. The van der Waals surface area contributed by atoms with Crippen molar-refractivity contribution < 1.29 is 5.11 Å². The van der Waals surface area contributed by atoms with E-state index in [1.807, 2.05) is 6.08 Å². The Balaban J connectivity index is 2.16. The van der Waals surface area contributed by atoms with Gasteiger partial charge in [-0.05, 0) is 47.6 Å². The van der Waals surface area contributed by atoms with Gasteiger partial charge in [0.2, 0.25) is 0 Å². The molecule has 2 aromatic rings. The minimum absolute atomic E-state index is 0.249. The van der Waals surface area contributed by atoms with E-state index in [1.54, 1.807) is 0 Å². The molecule has 0 saturated heterocycles. The van der Waals surface area contributed by atoms with Crippen LogP contribution in [0.1, 0.15) is 18.4 Å². The summed E-state index contributed by atoms with van der Waals surface area (Å²) in [5.41, 5.74) is 4.20. The average Bonchev–Trinajstić information content (AvgIpc) is 2.45. The zero-order valence-corrected chi connectivity index (χ0v) is 11.2. The van der Waals surface area contributed by atoms with Crippen LogP contribution in [0.5, 0.6) is 0 Å². The summed E-state index contributed by atoms with van der Waals surface area (Å²) in [6, 6.07) is 15.0. The molecule has 0 saturated carbocycles. The van der Waals surface area contributed by atoms with Gasteiger partial charge in [0.15, 0.2) is 0 Å². The maximum atomic E-state index is 8.94. The van der Waals surface area contributed by atoms with Crippen molar-refractivity contribution in [2.24, 2.45) is 5.92 Å². The first-order chi connectivity index (χ1) is 9.33. The second kappa shape index (κ2) is 6.94. The molecule has 1 nitrogen and oxygen atoms in total. The van der Waals surface area contributed by atoms with Gasteiger partial charge in [0, 0.05) is 6.61 Å². The van der Waals surface area contributed by atoms with Crippen LogP contribution in [-0.4, -0.2) is 11.7 Å². The molecule has 0 spiro atoms. The van der Waals surface area contributed by atoms with Crippen molar-refractivity contribution in [3.63, 3.8) is 0 Å². The summed E-state index contributed by atoms with van der Waals surface area (Å²) in [6.45, 7) is 3.91. The van der Waals surface area contributed by atoms with Crippen LogP contribution in [-0.2, 0) is 6.42 Å². The molecule has 0 aromatic heterocycles. The van der Waals surface area contributed by atoms with Crippen LogP contribution in [0, 0.1) is 5.92 Å². The standard InChI is InChI=1S/C18H20O/c1-2-6-15(7-5-12-19)13-16-10-11-17-8-3-4-9-18(17)14-16/h3-4,6,8-11,14-15,19H,1,5,7,12-13H2. The van der Waals surface area contributed by atoms with Gasteiger partial charge in [-0.15, -0.1) is 5.73 Å². The highest BCUT2D eigenvalue weighted by molar-refractivity contribution is 5.82. The first-order valence-electron chi connectivity index (χ1n) is 6.78. The molecule has 2 rings (SSSR count). The molecule has 0 heterocycles. The van der Waals surface area contributed by atoms with E-state index in [4.69, 9.17) is 5.11 Å². The van der Waals surface area contributed by atoms with Crippen LogP contribution in [0.15, 0.2) is 60.9 Å². The summed E-state index contributed by atoms with van der Waals surface area (Å²) in [5.74, 6) is 0.408. The summed E-state index contributed by atoms with van der Waals surface area (Å²) in [6.07, 6.45) is 4.81. The number of rotatable bonds is 6. The summed E-state index contributed by atoms with van der Waals surface area (Å²) < 4.78 is 0. The Morgan fingerprint density at radius 3 is 2.68 bits per heavy atom. The molecule has 1 N–H and O–H groups in total. The predicted octanol–water partition coefficient (Wildman–Crippen LogP) is 4.11. The Bertz CT molecular complexity index is 579. The Labute approximate surface area is 114 Å². The lowest BCUT2D eigenvalue weighted by molar-refractivity contribution is 0.277. The third-order valence-corrected chi connectivity index (χ3v) is 3.40. The zero-order valence-electron chi connectivity index (χ0n) is 11.2. The van der Waals surface area contributed by atoms with E-state index in [0.717, 1.165) is 19.3 Å². The fourth-order valence-corrected chi connectivity index (χ4v) is 2.43. The zero-order chi connectivity index (χ0) is 13.5. The molecule has 0 aliphatic heterocycles. The lowest BCUT2D eigenvalue weighted by atomic mass is 9.93. The van der Waals surface area contributed by atoms with Crippen molar-refractivity contribution in [1.29, 1.82) is 0 Å². The first kappa shape index (κ1) is 13.6. The van der Waals surface area contributed by atoms with Gasteiger partial charge in [0.1, 0.15) is 0 Å². The maximum absolute atomic E-state index is 8.94. The van der Waals surface area contributed by atoms with Crippen LogP contribution in [0.25, 0.3) is 10.8 Å². The van der Waals surface area contributed by atoms with E-state index in [1.165, 1.54) is 16.3 Å². The molecule has 0 amide bonds. The van der Waals surface area contributed by atoms with Crippen molar-refractivity contribution in [3.05, 3.63) is 66.4 Å². The van der Waals surface area contributed by atoms with Crippen molar-refractivity contribution in [2.45, 2.75) is 19.3 Å². The quantitative estimate of drug-likeness (QED) is 0.767. The van der Waals surface area contributed by atoms with Crippen LogP contribution < -0.4 is 0 Å². The van der Waals surface area contributed by atoms with Gasteiger partial charge in [-0.25, -0.2) is 0 Å². The van der Waals surface area contributed by atoms with Crippen LogP contribution in [0.2, 0.25) is 0 Å². The molecule has 2 aromatic carbocycles. The van der Waals surface area contributed by atoms with E-state index in [2.05, 4.69) is 54.8 Å². The third kappa shape index (κ3) is 3.82. The number of fused-ring (bicyclic) bond motifs is 1. The van der Waals surface area contributed by atoms with Gasteiger partial charge in [-0.1, -0.05) is 49.0 Å². The second-order valence-electron chi connectivity index (χ2n) is 4.88. The van der Waals surface area contributed by atoms with Gasteiger partial charge in [0.05, 0.1) is 0 Å². The molecule has 0 bridgehead atoms. The smallest absolute Gasteiger partial charge is 0.0431 e. The predicted molar refractivity (Wildman–Crippen MR) is 81.2 cm³/mol. The van der Waals surface area contributed by atoms with Gasteiger partial charge in [0.25, 0.3) is 0 Å². The first-order valence-corrected chi connectivity index (χ1v) is 6.78. The van der Waals surface area contributed by atoms with Crippen LogP contribution >= 0.6 is 0 Å². The van der Waals surface area contributed by atoms with Crippen LogP contribution in [0.3, 0.4) is 0 Å². The molecular formula is C18H20O. The molecule has 0 radical (unpaired) electrons. The second-order valence-corrected chi connectivity index (χ2v) is 4.88. The SMILES string of the molecule is C=C=CC(CCCO)Cc1ccc2ccccc2c1. The Kier molecular flexibility index (Phi) is 4.97. The van der Waals surface area contributed by atoms with E-state index in [0.29, 0.717) is 5.92 Å². The number of hydrogen-bond acceptors (Lipinski definition) is 1. The fourth-order valence-electron chi connectivity index (χ4n) is 2.43. The van der Waals surface area contributed by atoms with Crippen LogP contribution in [0.4, 0.5) is 0 Å². The number of aliphatic hydroxyl groups is 1. The Hall–Kier alpha value is -1.82. The maximum Gasteiger partial charge on any atom is 0.0431 e. The molecule has 0 aliphatic rings. The van der Waals surface area contributed by atoms with Crippen molar-refractivity contribution >= 4 is 10.8 Å². The average molecular weight is 252 g/mol. The molecule has 1 unspecified atom stereocenters. The topological polar surface area (TPSA) is 20.2 Å². The summed E-state index contributed by atoms with van der Waals surface area (Å²) in [7, 11) is 0. The largest absolute Gasteiger partial charge is 0.396 e. The summed E-state index contributed by atoms with van der Waals surface area (Å²) in [4.78, 5) is 0. The number of aliphatic hydroxyl groups excluding tert-OH is 1. The monoisotopic (exact) mass is 252 g/mol. The lowest BCUT2D eigenvalue weighted by Crippen LogP contribution is -2.02. The third-order valence-electron chi connectivity index (χ3n) is 3.40. The Morgan fingerprint density at radius 1 is 1.16 bits per heavy atom. The highest BCUT2D eigenvalue weighted by atomic mass is 16.2. The molecule has 0 fully saturated rings.